The Morgan fingerprint density at radius 2 is 1.88 bits per heavy atom. The molecular formula is C12H25NO2S. The molecule has 1 unspecified atom stereocenters. The number of allylic oxidation sites excluding steroid dienone is 1. The van der Waals surface area contributed by atoms with Gasteiger partial charge in [0, 0.05) is 12.3 Å². The van der Waals surface area contributed by atoms with E-state index in [1.807, 2.05) is 6.08 Å². The minimum Gasteiger partial charge on any atom is -0.326 e. The lowest BCUT2D eigenvalue weighted by atomic mass is 9.97. The van der Waals surface area contributed by atoms with Crippen LogP contribution in [0.15, 0.2) is 12.7 Å². The molecule has 0 aliphatic carbocycles. The first-order valence-electron chi connectivity index (χ1n) is 5.79. The van der Waals surface area contributed by atoms with Crippen molar-refractivity contribution in [3.8, 4) is 0 Å². The monoisotopic (exact) mass is 247 g/mol. The van der Waals surface area contributed by atoms with Crippen LogP contribution in [-0.2, 0) is 9.84 Å². The lowest BCUT2D eigenvalue weighted by Gasteiger charge is -2.29. The molecule has 0 spiro atoms. The van der Waals surface area contributed by atoms with Gasteiger partial charge in [-0.1, -0.05) is 18.9 Å². The molecule has 0 saturated carbocycles. The molecule has 16 heavy (non-hydrogen) atoms. The maximum absolute atomic E-state index is 11.5. The number of sulfone groups is 1. The van der Waals surface area contributed by atoms with E-state index >= 15 is 0 Å². The number of rotatable bonds is 8. The summed E-state index contributed by atoms with van der Waals surface area (Å²) < 4.78 is 22.2. The Bertz CT molecular complexity index is 307. The number of unbranched alkanes of at least 4 members (excludes halogenated alkanes) is 3. The standard InChI is InChI=1S/C12H25NO2S/c1-5-6-7-8-9-10-11(13)12(2,3)16(4,14)15/h5,11H,1,6-10,13H2,2-4H3. The summed E-state index contributed by atoms with van der Waals surface area (Å²) in [7, 11) is -3.09. The Balaban J connectivity index is 4.06. The van der Waals surface area contributed by atoms with Gasteiger partial charge in [0.15, 0.2) is 9.84 Å². The molecule has 1 atom stereocenters. The molecular weight excluding hydrogens is 222 g/mol. The second-order valence-corrected chi connectivity index (χ2v) is 7.51. The lowest BCUT2D eigenvalue weighted by Crippen LogP contribution is -2.48. The van der Waals surface area contributed by atoms with Crippen LogP contribution in [-0.4, -0.2) is 25.5 Å². The van der Waals surface area contributed by atoms with Crippen molar-refractivity contribution in [3.05, 3.63) is 12.7 Å². The Hall–Kier alpha value is -0.350. The highest BCUT2D eigenvalue weighted by Crippen LogP contribution is 2.22. The third-order valence-electron chi connectivity index (χ3n) is 3.27. The topological polar surface area (TPSA) is 60.2 Å². The zero-order valence-corrected chi connectivity index (χ0v) is 11.5. The highest BCUT2D eigenvalue weighted by molar-refractivity contribution is 7.92. The van der Waals surface area contributed by atoms with Gasteiger partial charge in [-0.05, 0) is 33.1 Å². The number of nitrogens with two attached hydrogens (primary N) is 1. The van der Waals surface area contributed by atoms with E-state index in [0.29, 0.717) is 0 Å². The second-order valence-electron chi connectivity index (χ2n) is 4.91. The van der Waals surface area contributed by atoms with Crippen molar-refractivity contribution in [3.63, 3.8) is 0 Å². The Morgan fingerprint density at radius 3 is 2.31 bits per heavy atom. The highest BCUT2D eigenvalue weighted by Gasteiger charge is 2.36. The van der Waals surface area contributed by atoms with Gasteiger partial charge < -0.3 is 5.73 Å². The Kier molecular flexibility index (Phi) is 6.26. The SMILES string of the molecule is C=CCCCCCC(N)C(C)(C)S(C)(=O)=O. The third-order valence-corrected chi connectivity index (χ3v) is 5.49. The largest absolute Gasteiger partial charge is 0.326 e. The molecule has 96 valence electrons. The van der Waals surface area contributed by atoms with Crippen LogP contribution in [0.3, 0.4) is 0 Å². The Morgan fingerprint density at radius 1 is 1.31 bits per heavy atom. The first-order chi connectivity index (χ1) is 7.23. The molecule has 0 heterocycles. The third kappa shape index (κ3) is 4.66. The molecule has 0 aliphatic rings. The lowest BCUT2D eigenvalue weighted by molar-refractivity contribution is 0.446. The molecule has 0 fully saturated rings. The van der Waals surface area contributed by atoms with Crippen LogP contribution in [0.4, 0.5) is 0 Å². The Labute approximate surface area is 100 Å². The van der Waals surface area contributed by atoms with Crippen LogP contribution >= 0.6 is 0 Å². The number of hydrogen-bond donors (Lipinski definition) is 1. The first-order valence-corrected chi connectivity index (χ1v) is 7.68. The summed E-state index contributed by atoms with van der Waals surface area (Å²) in [6.07, 6.45) is 8.11. The molecule has 0 aromatic rings. The molecule has 0 aromatic heterocycles. The summed E-state index contributed by atoms with van der Waals surface area (Å²) in [6.45, 7) is 7.07. The van der Waals surface area contributed by atoms with E-state index < -0.39 is 14.6 Å². The smallest absolute Gasteiger partial charge is 0.154 e. The van der Waals surface area contributed by atoms with Gasteiger partial charge in [0.2, 0.25) is 0 Å². The van der Waals surface area contributed by atoms with Crippen LogP contribution in [0.5, 0.6) is 0 Å². The van der Waals surface area contributed by atoms with Gasteiger partial charge in [-0.3, -0.25) is 0 Å². The van der Waals surface area contributed by atoms with Gasteiger partial charge in [0.1, 0.15) is 0 Å². The fraction of sp³-hybridized carbons (Fsp3) is 0.833. The van der Waals surface area contributed by atoms with Gasteiger partial charge in [-0.25, -0.2) is 8.42 Å². The van der Waals surface area contributed by atoms with E-state index in [1.165, 1.54) is 6.26 Å². The minimum atomic E-state index is -3.09. The maximum Gasteiger partial charge on any atom is 0.154 e. The summed E-state index contributed by atoms with van der Waals surface area (Å²) in [5.74, 6) is 0. The zero-order valence-electron chi connectivity index (χ0n) is 10.7. The minimum absolute atomic E-state index is 0.286. The zero-order chi connectivity index (χ0) is 12.8. The van der Waals surface area contributed by atoms with Crippen LogP contribution in [0.2, 0.25) is 0 Å². The van der Waals surface area contributed by atoms with Gasteiger partial charge in [-0.15, -0.1) is 6.58 Å². The van der Waals surface area contributed by atoms with E-state index in [4.69, 9.17) is 5.73 Å². The molecule has 0 amide bonds. The van der Waals surface area contributed by atoms with Gasteiger partial charge in [0.05, 0.1) is 4.75 Å². The molecule has 4 heteroatoms. The van der Waals surface area contributed by atoms with Crippen LogP contribution in [0.25, 0.3) is 0 Å². The highest BCUT2D eigenvalue weighted by atomic mass is 32.2. The predicted octanol–water partition coefficient (Wildman–Crippen LogP) is 2.27. The maximum atomic E-state index is 11.5. The fourth-order valence-electron chi connectivity index (χ4n) is 1.45. The van der Waals surface area contributed by atoms with Crippen molar-refractivity contribution in [2.75, 3.05) is 6.26 Å². The van der Waals surface area contributed by atoms with Crippen LogP contribution in [0.1, 0.15) is 46.0 Å². The normalized spacial score (nSPS) is 14.8. The molecule has 0 rings (SSSR count). The van der Waals surface area contributed by atoms with Crippen molar-refractivity contribution in [2.45, 2.75) is 56.7 Å². The second kappa shape index (κ2) is 6.40. The first kappa shape index (κ1) is 15.7. The van der Waals surface area contributed by atoms with Crippen LogP contribution < -0.4 is 5.73 Å². The van der Waals surface area contributed by atoms with Gasteiger partial charge in [0.25, 0.3) is 0 Å². The molecule has 0 radical (unpaired) electrons. The van der Waals surface area contributed by atoms with Crippen LogP contribution in [0, 0.1) is 0 Å². The number of hydrogen-bond acceptors (Lipinski definition) is 3. The summed E-state index contributed by atoms with van der Waals surface area (Å²) in [5, 5.41) is 0. The van der Waals surface area contributed by atoms with Crippen molar-refractivity contribution in [2.24, 2.45) is 5.73 Å². The molecule has 0 aromatic carbocycles. The van der Waals surface area contributed by atoms with E-state index in [-0.39, 0.29) is 6.04 Å². The van der Waals surface area contributed by atoms with Crippen molar-refractivity contribution in [1.29, 1.82) is 0 Å². The molecule has 3 nitrogen and oxygen atoms in total. The molecule has 0 aliphatic heterocycles. The van der Waals surface area contributed by atoms with Crippen molar-refractivity contribution < 1.29 is 8.42 Å². The average molecular weight is 247 g/mol. The van der Waals surface area contributed by atoms with Gasteiger partial charge in [-0.2, -0.15) is 0 Å². The summed E-state index contributed by atoms with van der Waals surface area (Å²) in [5.41, 5.74) is 5.95. The summed E-state index contributed by atoms with van der Waals surface area (Å²) in [4.78, 5) is 0. The summed E-state index contributed by atoms with van der Waals surface area (Å²) in [6, 6.07) is -0.286. The molecule has 0 saturated heterocycles. The quantitative estimate of drug-likeness (QED) is 0.529. The van der Waals surface area contributed by atoms with E-state index in [9.17, 15) is 8.42 Å². The fourth-order valence-corrected chi connectivity index (χ4v) is 2.12. The van der Waals surface area contributed by atoms with Gasteiger partial charge >= 0.3 is 0 Å². The molecule has 0 bridgehead atoms. The van der Waals surface area contributed by atoms with E-state index in [1.54, 1.807) is 13.8 Å². The average Bonchev–Trinajstić information content (AvgIpc) is 2.15. The predicted molar refractivity (Wildman–Crippen MR) is 70.2 cm³/mol. The summed E-state index contributed by atoms with van der Waals surface area (Å²) >= 11 is 0. The molecule has 2 N–H and O–H groups in total. The van der Waals surface area contributed by atoms with Crippen molar-refractivity contribution >= 4 is 9.84 Å². The van der Waals surface area contributed by atoms with E-state index in [2.05, 4.69) is 6.58 Å². The van der Waals surface area contributed by atoms with Crippen molar-refractivity contribution in [1.82, 2.24) is 0 Å². The van der Waals surface area contributed by atoms with E-state index in [0.717, 1.165) is 32.1 Å².